The van der Waals surface area contributed by atoms with Crippen LogP contribution in [0.2, 0.25) is 0 Å². The maximum atomic E-state index is 9.97. The van der Waals surface area contributed by atoms with Gasteiger partial charge in [0.2, 0.25) is 0 Å². The lowest BCUT2D eigenvalue weighted by atomic mass is 10.1. The molecule has 3 heteroatoms. The van der Waals surface area contributed by atoms with E-state index in [4.69, 9.17) is 11.5 Å². The second-order valence-electron chi connectivity index (χ2n) is 1.98. The fourth-order valence-corrected chi connectivity index (χ4v) is 0.492. The third-order valence-electron chi connectivity index (χ3n) is 0.902. The molecular weight excluding hydrogens is 104 g/mol. The van der Waals surface area contributed by atoms with Gasteiger partial charge in [-0.25, -0.2) is 0 Å². The van der Waals surface area contributed by atoms with Crippen LogP contribution in [0.4, 0.5) is 0 Å². The minimum Gasteiger partial charge on any atom is -0.307 e. The molecule has 0 saturated carbocycles. The number of rotatable bonds is 3. The Morgan fingerprint density at radius 1 is 1.62 bits per heavy atom. The summed E-state index contributed by atoms with van der Waals surface area (Å²) in [7, 11) is 0. The standard InChI is InChI=1S/C5H12N2O/c1-2-3-5(6,7)4-8/h4H,2-3,6-7H2,1H3. The van der Waals surface area contributed by atoms with Crippen LogP contribution in [0.5, 0.6) is 0 Å². The largest absolute Gasteiger partial charge is 0.307 e. The Morgan fingerprint density at radius 3 is 2.25 bits per heavy atom. The first-order valence-corrected chi connectivity index (χ1v) is 2.66. The summed E-state index contributed by atoms with van der Waals surface area (Å²) in [5.74, 6) is 0. The van der Waals surface area contributed by atoms with Gasteiger partial charge in [0.05, 0.1) is 0 Å². The van der Waals surface area contributed by atoms with Crippen molar-refractivity contribution >= 4 is 6.29 Å². The first-order valence-electron chi connectivity index (χ1n) is 2.66. The van der Waals surface area contributed by atoms with Crippen LogP contribution >= 0.6 is 0 Å². The maximum Gasteiger partial charge on any atom is 0.154 e. The Morgan fingerprint density at radius 2 is 2.12 bits per heavy atom. The number of aldehydes is 1. The highest BCUT2D eigenvalue weighted by atomic mass is 16.1. The maximum absolute atomic E-state index is 9.97. The second-order valence-corrected chi connectivity index (χ2v) is 1.98. The summed E-state index contributed by atoms with van der Waals surface area (Å²) in [5, 5.41) is 0. The van der Waals surface area contributed by atoms with Gasteiger partial charge in [0.1, 0.15) is 5.66 Å². The van der Waals surface area contributed by atoms with E-state index in [1.807, 2.05) is 6.92 Å². The highest BCUT2D eigenvalue weighted by molar-refractivity contribution is 5.62. The molecule has 0 heterocycles. The van der Waals surface area contributed by atoms with E-state index < -0.39 is 5.66 Å². The molecule has 0 saturated heterocycles. The van der Waals surface area contributed by atoms with Crippen molar-refractivity contribution in [3.63, 3.8) is 0 Å². The molecule has 48 valence electrons. The first-order chi connectivity index (χ1) is 3.62. The van der Waals surface area contributed by atoms with Gasteiger partial charge in [-0.15, -0.1) is 0 Å². The van der Waals surface area contributed by atoms with E-state index in [2.05, 4.69) is 0 Å². The number of carbonyl (C=O) groups is 1. The summed E-state index contributed by atoms with van der Waals surface area (Å²) < 4.78 is 0. The summed E-state index contributed by atoms with van der Waals surface area (Å²) in [5.41, 5.74) is 9.38. The van der Waals surface area contributed by atoms with Crippen molar-refractivity contribution in [2.45, 2.75) is 25.4 Å². The number of hydrogen-bond acceptors (Lipinski definition) is 3. The molecule has 0 atom stereocenters. The summed E-state index contributed by atoms with van der Waals surface area (Å²) in [6.45, 7) is 1.93. The van der Waals surface area contributed by atoms with Gasteiger partial charge in [0.25, 0.3) is 0 Å². The van der Waals surface area contributed by atoms with E-state index in [-0.39, 0.29) is 0 Å². The Balaban J connectivity index is 3.53. The van der Waals surface area contributed by atoms with Crippen LogP contribution in [0.3, 0.4) is 0 Å². The molecule has 0 aliphatic rings. The van der Waals surface area contributed by atoms with Crippen molar-refractivity contribution < 1.29 is 4.79 Å². The SMILES string of the molecule is CCCC(N)(N)C=O. The second kappa shape index (κ2) is 2.79. The average molecular weight is 116 g/mol. The Labute approximate surface area is 49.0 Å². The van der Waals surface area contributed by atoms with Crippen molar-refractivity contribution in [2.75, 3.05) is 0 Å². The summed E-state index contributed by atoms with van der Waals surface area (Å²) in [4.78, 5) is 9.97. The quantitative estimate of drug-likeness (QED) is 0.389. The molecule has 0 aliphatic carbocycles. The lowest BCUT2D eigenvalue weighted by Gasteiger charge is -2.13. The van der Waals surface area contributed by atoms with Gasteiger partial charge in [-0.3, -0.25) is 4.79 Å². The van der Waals surface area contributed by atoms with Crippen molar-refractivity contribution in [1.82, 2.24) is 0 Å². The van der Waals surface area contributed by atoms with Crippen LogP contribution in [0, 0.1) is 0 Å². The van der Waals surface area contributed by atoms with Gasteiger partial charge in [-0.1, -0.05) is 13.3 Å². The molecular formula is C5H12N2O. The highest BCUT2D eigenvalue weighted by Crippen LogP contribution is 1.96. The number of carbonyl (C=O) groups excluding carboxylic acids is 1. The molecule has 0 aromatic carbocycles. The lowest BCUT2D eigenvalue weighted by molar-refractivity contribution is -0.112. The first kappa shape index (κ1) is 7.59. The zero-order valence-electron chi connectivity index (χ0n) is 5.05. The summed E-state index contributed by atoms with van der Waals surface area (Å²) in [6.07, 6.45) is 1.97. The van der Waals surface area contributed by atoms with Crippen LogP contribution < -0.4 is 11.5 Å². The van der Waals surface area contributed by atoms with E-state index >= 15 is 0 Å². The zero-order valence-corrected chi connectivity index (χ0v) is 5.05. The van der Waals surface area contributed by atoms with Gasteiger partial charge in [0, 0.05) is 0 Å². The molecule has 0 bridgehead atoms. The molecule has 0 aliphatic heterocycles. The van der Waals surface area contributed by atoms with E-state index in [0.29, 0.717) is 12.7 Å². The van der Waals surface area contributed by atoms with Crippen molar-refractivity contribution in [3.8, 4) is 0 Å². The normalized spacial score (nSPS) is 11.4. The highest BCUT2D eigenvalue weighted by Gasteiger charge is 2.14. The summed E-state index contributed by atoms with van der Waals surface area (Å²) in [6, 6.07) is 0. The van der Waals surface area contributed by atoms with Gasteiger partial charge in [-0.05, 0) is 6.42 Å². The van der Waals surface area contributed by atoms with E-state index in [1.165, 1.54) is 0 Å². The molecule has 0 aromatic rings. The minimum atomic E-state index is -1.09. The molecule has 0 spiro atoms. The molecule has 0 fully saturated rings. The van der Waals surface area contributed by atoms with Gasteiger partial charge < -0.3 is 11.5 Å². The predicted molar refractivity (Wildman–Crippen MR) is 32.1 cm³/mol. The fourth-order valence-electron chi connectivity index (χ4n) is 0.492. The number of nitrogens with two attached hydrogens (primary N) is 2. The average Bonchev–Trinajstić information content (AvgIpc) is 1.67. The van der Waals surface area contributed by atoms with E-state index in [0.717, 1.165) is 6.42 Å². The fraction of sp³-hybridized carbons (Fsp3) is 0.800. The van der Waals surface area contributed by atoms with Gasteiger partial charge in [0.15, 0.2) is 6.29 Å². The molecule has 0 unspecified atom stereocenters. The molecule has 4 N–H and O–H groups in total. The van der Waals surface area contributed by atoms with Crippen molar-refractivity contribution in [1.29, 1.82) is 0 Å². The molecule has 0 aromatic heterocycles. The molecule has 0 rings (SSSR count). The Bertz CT molecular complexity index is 80.5. The third kappa shape index (κ3) is 2.71. The lowest BCUT2D eigenvalue weighted by Crippen LogP contribution is -2.50. The van der Waals surface area contributed by atoms with Crippen LogP contribution in [0.15, 0.2) is 0 Å². The smallest absolute Gasteiger partial charge is 0.154 e. The topological polar surface area (TPSA) is 69.1 Å². The Kier molecular flexibility index (Phi) is 2.65. The van der Waals surface area contributed by atoms with Gasteiger partial charge in [-0.2, -0.15) is 0 Å². The van der Waals surface area contributed by atoms with Crippen molar-refractivity contribution in [2.24, 2.45) is 11.5 Å². The van der Waals surface area contributed by atoms with Crippen LogP contribution in [-0.4, -0.2) is 11.9 Å². The minimum absolute atomic E-state index is 0.552. The monoisotopic (exact) mass is 116 g/mol. The van der Waals surface area contributed by atoms with Crippen LogP contribution in [0.1, 0.15) is 19.8 Å². The summed E-state index contributed by atoms with van der Waals surface area (Å²) >= 11 is 0. The van der Waals surface area contributed by atoms with Crippen molar-refractivity contribution in [3.05, 3.63) is 0 Å². The zero-order chi connectivity index (χ0) is 6.62. The van der Waals surface area contributed by atoms with Gasteiger partial charge >= 0.3 is 0 Å². The third-order valence-corrected chi connectivity index (χ3v) is 0.902. The van der Waals surface area contributed by atoms with E-state index in [9.17, 15) is 4.79 Å². The predicted octanol–water partition coefficient (Wildman–Crippen LogP) is -0.401. The molecule has 0 amide bonds. The molecule has 8 heavy (non-hydrogen) atoms. The Hall–Kier alpha value is -0.410. The van der Waals surface area contributed by atoms with E-state index in [1.54, 1.807) is 0 Å². The molecule has 0 radical (unpaired) electrons. The van der Waals surface area contributed by atoms with Crippen LogP contribution in [-0.2, 0) is 4.79 Å². The van der Waals surface area contributed by atoms with Crippen LogP contribution in [0.25, 0.3) is 0 Å². The number of hydrogen-bond donors (Lipinski definition) is 2. The molecule has 3 nitrogen and oxygen atoms in total.